The molecule has 0 fully saturated rings. The second kappa shape index (κ2) is 15.1. The highest BCUT2D eigenvalue weighted by molar-refractivity contribution is 8.00. The van der Waals surface area contributed by atoms with Crippen LogP contribution in [-0.2, 0) is 9.59 Å². The molecule has 1 heterocycles. The van der Waals surface area contributed by atoms with Gasteiger partial charge in [0.05, 0.1) is 12.9 Å². The van der Waals surface area contributed by atoms with Crippen LogP contribution >= 0.6 is 11.8 Å². The third kappa shape index (κ3) is 8.34. The van der Waals surface area contributed by atoms with Gasteiger partial charge in [0.2, 0.25) is 11.8 Å². The number of oxazole rings is 1. The number of thioether (sulfide) groups is 1. The topological polar surface area (TPSA) is 143 Å². The first kappa shape index (κ1) is 32.6. The van der Waals surface area contributed by atoms with Gasteiger partial charge in [-0.05, 0) is 84.9 Å². The Morgan fingerprint density at radius 1 is 0.837 bits per heavy atom. The van der Waals surface area contributed by atoms with Gasteiger partial charge in [0.25, 0.3) is 11.8 Å². The molecule has 49 heavy (non-hydrogen) atoms. The molecule has 1 aromatic heterocycles. The number of phenolic OH excluding ortho intramolecular Hbond substituents is 1. The quantitative estimate of drug-likeness (QED) is 0.0828. The monoisotopic (exact) mass is 670 g/mol. The lowest BCUT2D eigenvalue weighted by molar-refractivity contribution is -0.114. The van der Waals surface area contributed by atoms with Crippen LogP contribution in [-0.4, -0.2) is 40.7 Å². The van der Waals surface area contributed by atoms with Crippen LogP contribution in [0, 0.1) is 0 Å². The smallest absolute Gasteiger partial charge is 0.272 e. The van der Waals surface area contributed by atoms with Crippen molar-refractivity contribution in [1.82, 2.24) is 10.3 Å². The molecule has 0 saturated heterocycles. The number of hydrogen-bond acceptors (Lipinski definition) is 8. The molecular formula is C38H30N4O6S. The number of para-hydroxylation sites is 2. The van der Waals surface area contributed by atoms with E-state index >= 15 is 0 Å². The number of carbonyl (C=O) groups is 3. The molecule has 0 saturated carbocycles. The summed E-state index contributed by atoms with van der Waals surface area (Å²) in [6.07, 6.45) is 1.47. The number of aromatic nitrogens is 1. The molecule has 0 unspecified atom stereocenters. The molecule has 10 nitrogen and oxygen atoms in total. The van der Waals surface area contributed by atoms with Gasteiger partial charge in [0.1, 0.15) is 22.7 Å². The van der Waals surface area contributed by atoms with Gasteiger partial charge in [-0.15, -0.1) is 11.8 Å². The summed E-state index contributed by atoms with van der Waals surface area (Å²) in [5.41, 5.74) is 4.16. The molecule has 6 rings (SSSR count). The lowest BCUT2D eigenvalue weighted by Gasteiger charge is -2.13. The van der Waals surface area contributed by atoms with Crippen LogP contribution in [0.2, 0.25) is 0 Å². The molecule has 0 spiro atoms. The van der Waals surface area contributed by atoms with Gasteiger partial charge in [0, 0.05) is 39.0 Å². The van der Waals surface area contributed by atoms with E-state index in [0.29, 0.717) is 39.7 Å². The fourth-order valence-electron chi connectivity index (χ4n) is 4.82. The second-order valence-corrected chi connectivity index (χ2v) is 11.7. The van der Waals surface area contributed by atoms with Crippen LogP contribution in [0.5, 0.6) is 11.5 Å². The standard InChI is InChI=1S/C38H30N4O6S/c1-47-34-22-29(43)19-16-26(34)20-32(41-36(45)24-8-3-2-4-9-24)37(46)40-28-10-7-11-30(21-28)49-23-35(44)39-27-17-14-25(15-18-27)38-42-31-12-5-6-13-33(31)48-38/h2-22,43H,23H2,1H3,(H,39,44)(H,40,46)(H,41,45)/b32-20+. The summed E-state index contributed by atoms with van der Waals surface area (Å²) in [4.78, 5) is 44.6. The Kier molecular flexibility index (Phi) is 10.0. The van der Waals surface area contributed by atoms with Crippen molar-refractivity contribution in [1.29, 1.82) is 0 Å². The third-order valence-corrected chi connectivity index (χ3v) is 8.21. The Bertz CT molecular complexity index is 2130. The van der Waals surface area contributed by atoms with E-state index in [9.17, 15) is 19.5 Å². The molecule has 0 aliphatic heterocycles. The minimum Gasteiger partial charge on any atom is -0.508 e. The Balaban J connectivity index is 1.10. The average molecular weight is 671 g/mol. The number of anilines is 2. The molecule has 0 bridgehead atoms. The first-order valence-corrected chi connectivity index (χ1v) is 16.1. The van der Waals surface area contributed by atoms with E-state index in [1.54, 1.807) is 66.7 Å². The number of fused-ring (bicyclic) bond motifs is 1. The maximum absolute atomic E-state index is 13.5. The van der Waals surface area contributed by atoms with E-state index in [2.05, 4.69) is 20.9 Å². The largest absolute Gasteiger partial charge is 0.508 e. The zero-order valence-corrected chi connectivity index (χ0v) is 27.0. The maximum atomic E-state index is 13.5. The molecular weight excluding hydrogens is 641 g/mol. The van der Waals surface area contributed by atoms with Crippen LogP contribution in [0.4, 0.5) is 11.4 Å². The van der Waals surface area contributed by atoms with Gasteiger partial charge in [-0.25, -0.2) is 4.98 Å². The summed E-state index contributed by atoms with van der Waals surface area (Å²) in [5, 5.41) is 18.3. The van der Waals surface area contributed by atoms with E-state index in [1.165, 1.54) is 37.1 Å². The van der Waals surface area contributed by atoms with Crippen LogP contribution in [0.25, 0.3) is 28.6 Å². The number of nitrogens with zero attached hydrogens (tertiary/aromatic N) is 1. The van der Waals surface area contributed by atoms with E-state index in [0.717, 1.165) is 16.0 Å². The summed E-state index contributed by atoms with van der Waals surface area (Å²) in [5.74, 6) is -0.325. The van der Waals surface area contributed by atoms with E-state index < -0.39 is 11.8 Å². The molecule has 11 heteroatoms. The Morgan fingerprint density at radius 2 is 1.61 bits per heavy atom. The minimum absolute atomic E-state index is 0.00859. The first-order chi connectivity index (χ1) is 23.8. The van der Waals surface area contributed by atoms with Gasteiger partial charge in [0.15, 0.2) is 5.58 Å². The highest BCUT2D eigenvalue weighted by atomic mass is 32.2. The van der Waals surface area contributed by atoms with Crippen molar-refractivity contribution in [2.75, 3.05) is 23.5 Å². The van der Waals surface area contributed by atoms with Crippen LogP contribution in [0.15, 0.2) is 136 Å². The predicted molar refractivity (Wildman–Crippen MR) is 190 cm³/mol. The minimum atomic E-state index is -0.583. The molecule has 3 amide bonds. The molecule has 6 aromatic rings. The lowest BCUT2D eigenvalue weighted by Crippen LogP contribution is -2.30. The predicted octanol–water partition coefficient (Wildman–Crippen LogP) is 7.35. The molecule has 4 N–H and O–H groups in total. The number of benzene rings is 5. The number of aromatic hydroxyl groups is 1. The molecule has 0 atom stereocenters. The molecule has 0 aliphatic rings. The number of carbonyl (C=O) groups excluding carboxylic acids is 3. The highest BCUT2D eigenvalue weighted by Crippen LogP contribution is 2.28. The maximum Gasteiger partial charge on any atom is 0.272 e. The van der Waals surface area contributed by atoms with Crippen LogP contribution in [0.3, 0.4) is 0 Å². The van der Waals surface area contributed by atoms with Gasteiger partial charge in [-0.1, -0.05) is 36.4 Å². The second-order valence-electron chi connectivity index (χ2n) is 10.7. The molecule has 0 aliphatic carbocycles. The van der Waals surface area contributed by atoms with Gasteiger partial charge >= 0.3 is 0 Å². The zero-order chi connectivity index (χ0) is 34.2. The van der Waals surface area contributed by atoms with Crippen molar-refractivity contribution < 1.29 is 28.6 Å². The number of ether oxygens (including phenoxy) is 1. The molecule has 0 radical (unpaired) electrons. The first-order valence-electron chi connectivity index (χ1n) is 15.1. The zero-order valence-electron chi connectivity index (χ0n) is 26.2. The summed E-state index contributed by atoms with van der Waals surface area (Å²) in [6, 6.07) is 34.8. The van der Waals surface area contributed by atoms with Crippen molar-refractivity contribution in [2.45, 2.75) is 4.90 Å². The number of methoxy groups -OCH3 is 1. The van der Waals surface area contributed by atoms with E-state index in [4.69, 9.17) is 9.15 Å². The number of phenols is 1. The summed E-state index contributed by atoms with van der Waals surface area (Å²) < 4.78 is 11.2. The average Bonchev–Trinajstić information content (AvgIpc) is 3.56. The Hall–Kier alpha value is -6.33. The summed E-state index contributed by atoms with van der Waals surface area (Å²) in [6.45, 7) is 0. The number of hydrogen-bond donors (Lipinski definition) is 4. The fraction of sp³-hybridized carbons (Fsp3) is 0.0526. The lowest BCUT2D eigenvalue weighted by atomic mass is 10.1. The van der Waals surface area contributed by atoms with Crippen molar-refractivity contribution in [3.05, 3.63) is 138 Å². The highest BCUT2D eigenvalue weighted by Gasteiger charge is 2.17. The Morgan fingerprint density at radius 3 is 2.39 bits per heavy atom. The molecule has 5 aromatic carbocycles. The van der Waals surface area contributed by atoms with Gasteiger partial charge < -0.3 is 30.2 Å². The number of rotatable bonds is 11. The van der Waals surface area contributed by atoms with Crippen molar-refractivity contribution >= 4 is 58.0 Å². The SMILES string of the molecule is COc1cc(O)ccc1/C=C(/NC(=O)c1ccccc1)C(=O)Nc1cccc(SCC(=O)Nc2ccc(-c3nc4ccccc4o3)cc2)c1. The normalized spacial score (nSPS) is 11.2. The summed E-state index contributed by atoms with van der Waals surface area (Å²) in [7, 11) is 1.44. The van der Waals surface area contributed by atoms with Crippen molar-refractivity contribution in [3.8, 4) is 23.0 Å². The number of nitrogens with one attached hydrogen (secondary N) is 3. The van der Waals surface area contributed by atoms with Crippen molar-refractivity contribution in [2.24, 2.45) is 0 Å². The van der Waals surface area contributed by atoms with E-state index in [1.807, 2.05) is 42.5 Å². The summed E-state index contributed by atoms with van der Waals surface area (Å²) >= 11 is 1.30. The number of amides is 3. The van der Waals surface area contributed by atoms with Crippen molar-refractivity contribution in [3.63, 3.8) is 0 Å². The van der Waals surface area contributed by atoms with E-state index in [-0.39, 0.29) is 23.1 Å². The third-order valence-electron chi connectivity index (χ3n) is 7.22. The Labute approximate surface area is 285 Å². The van der Waals surface area contributed by atoms with Crippen LogP contribution in [0.1, 0.15) is 15.9 Å². The van der Waals surface area contributed by atoms with Crippen LogP contribution < -0.4 is 20.7 Å². The van der Waals surface area contributed by atoms with Gasteiger partial charge in [-0.2, -0.15) is 0 Å². The fourth-order valence-corrected chi connectivity index (χ4v) is 5.57. The van der Waals surface area contributed by atoms with Gasteiger partial charge in [-0.3, -0.25) is 14.4 Å². The molecule has 244 valence electrons.